The maximum atomic E-state index is 10.6. The van der Waals surface area contributed by atoms with Gasteiger partial charge in [0.25, 0.3) is 5.69 Å². The van der Waals surface area contributed by atoms with Crippen molar-refractivity contribution >= 4 is 113 Å². The Hall–Kier alpha value is -9.79. The van der Waals surface area contributed by atoms with E-state index in [0.29, 0.717) is 53.2 Å². The molecule has 4 aliphatic rings. The SMILES string of the molecule is CB(O)N1CCC(=O)C1.CB(O)N1CCC(Nc2cccc(-c3ccnc(C)n3)c2)C1.CB(O)N1CCC(Nc2cccc(-c3ccnc(Cl)n3)c2)C1.Cc1nccc(-c2cccc(NC3CCNC3)c2)n1.Clc1ccnc(Cl)n1.Nc1cccc(-c2ccnc(Cl)n2)c1.O=[N+]([O-])c1cccc(-c2ccnc(Cl)n2)c1. The third-order valence-electron chi connectivity index (χ3n) is 17.3. The van der Waals surface area contributed by atoms with Crippen molar-refractivity contribution in [3.63, 3.8) is 0 Å². The lowest BCUT2D eigenvalue weighted by Gasteiger charge is -2.18. The van der Waals surface area contributed by atoms with Crippen molar-refractivity contribution in [2.75, 3.05) is 74.0 Å². The van der Waals surface area contributed by atoms with Gasteiger partial charge in [0.05, 0.1) is 33.4 Å². The molecular weight excluding hydrogens is 1500 g/mol. The van der Waals surface area contributed by atoms with Gasteiger partial charge in [0.15, 0.2) is 0 Å². The molecule has 6 aromatic heterocycles. The molecule has 35 heteroatoms. The number of nitrogens with zero attached hydrogens (tertiary/aromatic N) is 16. The smallest absolute Gasteiger partial charge is 0.376 e. The first-order valence-electron chi connectivity index (χ1n) is 35.3. The highest BCUT2D eigenvalue weighted by Gasteiger charge is 2.29. The third kappa shape index (κ3) is 28.0. The van der Waals surface area contributed by atoms with Gasteiger partial charge in [-0.25, -0.2) is 59.8 Å². The summed E-state index contributed by atoms with van der Waals surface area (Å²) in [6.07, 6.45) is 13.7. The van der Waals surface area contributed by atoms with E-state index in [0.717, 1.165) is 132 Å². The van der Waals surface area contributed by atoms with Crippen LogP contribution >= 0.6 is 58.0 Å². The van der Waals surface area contributed by atoms with Crippen molar-refractivity contribution in [2.24, 2.45) is 0 Å². The fourth-order valence-electron chi connectivity index (χ4n) is 11.8. The second kappa shape index (κ2) is 43.0. The van der Waals surface area contributed by atoms with Gasteiger partial charge < -0.3 is 56.5 Å². The van der Waals surface area contributed by atoms with Crippen LogP contribution in [0, 0.1) is 24.0 Å². The minimum absolute atomic E-state index is 0.0206. The van der Waals surface area contributed by atoms with Crippen molar-refractivity contribution in [3.05, 3.63) is 243 Å². The van der Waals surface area contributed by atoms with Crippen molar-refractivity contribution in [1.82, 2.24) is 79.6 Å². The quantitative estimate of drug-likeness (QED) is 0.0118. The van der Waals surface area contributed by atoms with Crippen molar-refractivity contribution in [3.8, 4) is 56.3 Å². The number of aryl methyl sites for hydroxylation is 2. The van der Waals surface area contributed by atoms with Crippen LogP contribution in [-0.4, -0.2) is 192 Å². The van der Waals surface area contributed by atoms with Crippen LogP contribution in [0.5, 0.6) is 0 Å². The van der Waals surface area contributed by atoms with Crippen molar-refractivity contribution < 1.29 is 24.8 Å². The Labute approximate surface area is 664 Å². The standard InChI is InChI=1S/C16H21BN4O.C15H18BClN4O.C15H18N4.C10H6ClN3O2.C10H8ClN3.C5H10BNO2.C4H2Cl2N2/c1-12-18-8-6-16(19-12)13-4-3-5-14(10-13)20-15-7-9-21(11-15)17(2)22;1-16(22)21-8-6-13(10-21)19-12-4-2-3-11(9-12)14-5-7-18-15(17)20-14;1-11-17-8-6-15(18-11)12-3-2-4-13(9-12)19-14-5-7-16-10-14;11-10-12-5-4-9(13-10)7-2-1-3-8(6-7)14(15)16;11-10-13-5-4-9(14-10)7-2-1-3-8(12)6-7;1-6(9)7-3-2-5(8)4-7;5-3-1-2-7-4(6)8-3/h3-6,8,10,15,20,22H,7,9,11H2,1-2H3;2-5,7,9,13,19,22H,6,8,10H2,1H3;2-4,6,8-9,14,16,19H,5,7,10H2,1H3;1-6H;1-6H,12H2;9H,2-4H2,1H3;1-2H. The van der Waals surface area contributed by atoms with Crippen LogP contribution in [0.3, 0.4) is 0 Å². The number of nitro benzene ring substituents is 1. The number of nitrogen functional groups attached to an aromatic ring is 1. The molecule has 15 rings (SSSR count). The molecule has 27 nitrogen and oxygen atoms in total. The van der Waals surface area contributed by atoms with Crippen LogP contribution < -0.4 is 27.0 Å². The van der Waals surface area contributed by atoms with Gasteiger partial charge in [0.1, 0.15) is 22.6 Å². The number of carbonyl (C=O) groups is 1. The molecule has 3 atom stereocenters. The van der Waals surface area contributed by atoms with Gasteiger partial charge in [-0.1, -0.05) is 72.3 Å². The number of aromatic nitrogens is 12. The normalized spacial score (nSPS) is 15.7. The predicted molar refractivity (Wildman–Crippen MR) is 440 cm³/mol. The minimum Gasteiger partial charge on any atom is -0.437 e. The summed E-state index contributed by atoms with van der Waals surface area (Å²) in [5, 5.41) is 54.0. The summed E-state index contributed by atoms with van der Waals surface area (Å²) in [7, 11) is -1.22. The molecule has 568 valence electrons. The maximum absolute atomic E-state index is 10.6. The molecule has 0 amide bonds. The zero-order valence-corrected chi connectivity index (χ0v) is 64.9. The lowest BCUT2D eigenvalue weighted by molar-refractivity contribution is -0.384. The summed E-state index contributed by atoms with van der Waals surface area (Å²) >= 11 is 27.9. The third-order valence-corrected chi connectivity index (χ3v) is 18.2. The first-order chi connectivity index (χ1) is 52.9. The molecule has 11 aromatic rings. The van der Waals surface area contributed by atoms with Crippen molar-refractivity contribution in [1.29, 1.82) is 0 Å². The molecular formula is C75H83B3Cl5N21O6. The summed E-state index contributed by atoms with van der Waals surface area (Å²) in [4.78, 5) is 74.8. The van der Waals surface area contributed by atoms with Crippen LogP contribution in [0.2, 0.25) is 46.8 Å². The highest BCUT2D eigenvalue weighted by Crippen LogP contribution is 2.28. The summed E-state index contributed by atoms with van der Waals surface area (Å²) in [6.45, 7) is 16.0. The average molecular weight is 1580 g/mol. The number of rotatable bonds is 15. The van der Waals surface area contributed by atoms with Crippen LogP contribution in [-0.2, 0) is 4.79 Å². The number of benzene rings is 5. The van der Waals surface area contributed by atoms with E-state index in [9.17, 15) is 25.0 Å². The molecule has 3 unspecified atom stereocenters. The minimum atomic E-state index is -0.462. The van der Waals surface area contributed by atoms with Crippen LogP contribution in [0.1, 0.15) is 37.3 Å². The van der Waals surface area contributed by atoms with Crippen LogP contribution in [0.15, 0.2) is 195 Å². The zero-order chi connectivity index (χ0) is 78.5. The highest BCUT2D eigenvalue weighted by atomic mass is 35.5. The van der Waals surface area contributed by atoms with Gasteiger partial charge in [-0.15, -0.1) is 0 Å². The fraction of sp³-hybridized carbons (Fsp3) is 0.267. The van der Waals surface area contributed by atoms with E-state index in [-0.39, 0.29) is 46.7 Å². The van der Waals surface area contributed by atoms with Gasteiger partial charge in [-0.05, 0) is 211 Å². The molecule has 5 aromatic carbocycles. The fourth-order valence-corrected chi connectivity index (χ4v) is 12.5. The number of Topliss-reactive ketones (excluding diaryl/α,β-unsaturated/α-hetero) is 1. The molecule has 4 saturated heterocycles. The number of halogens is 5. The number of anilines is 4. The lowest BCUT2D eigenvalue weighted by Crippen LogP contribution is -2.36. The van der Waals surface area contributed by atoms with Gasteiger partial charge in [0, 0.05) is 151 Å². The number of hydrogen-bond donors (Lipinski definition) is 8. The van der Waals surface area contributed by atoms with E-state index in [1.165, 1.54) is 30.9 Å². The number of ketones is 1. The second-order valence-corrected chi connectivity index (χ2v) is 27.4. The monoisotopic (exact) mass is 1580 g/mol. The van der Waals surface area contributed by atoms with Crippen LogP contribution in [0.25, 0.3) is 56.3 Å². The van der Waals surface area contributed by atoms with Gasteiger partial charge >= 0.3 is 21.2 Å². The van der Waals surface area contributed by atoms with E-state index in [1.807, 2.05) is 94.2 Å². The molecule has 9 N–H and O–H groups in total. The average Bonchev–Trinajstić information content (AvgIpc) is 1.28. The molecule has 110 heavy (non-hydrogen) atoms. The summed E-state index contributed by atoms with van der Waals surface area (Å²) in [5.41, 5.74) is 18.5. The number of non-ortho nitro benzene ring substituents is 1. The van der Waals surface area contributed by atoms with Gasteiger partial charge in [-0.2, -0.15) is 0 Å². The number of carbonyl (C=O) groups excluding carboxylic acids is 1. The largest absolute Gasteiger partial charge is 0.437 e. The molecule has 0 saturated carbocycles. The number of nitrogens with one attached hydrogen (secondary N) is 4. The molecule has 0 aliphatic carbocycles. The molecule has 0 spiro atoms. The molecule has 0 radical (unpaired) electrons. The first-order valence-corrected chi connectivity index (χ1v) is 37.2. The Morgan fingerprint density at radius 3 is 1.19 bits per heavy atom. The molecule has 0 bridgehead atoms. The molecule has 4 aliphatic heterocycles. The van der Waals surface area contributed by atoms with E-state index in [2.05, 4.69) is 139 Å². The Balaban J connectivity index is 0.000000151. The Morgan fingerprint density at radius 2 is 0.855 bits per heavy atom. The first kappa shape index (κ1) is 84.2. The van der Waals surface area contributed by atoms with E-state index < -0.39 is 12.0 Å². The number of hydrogen-bond acceptors (Lipinski definition) is 26. The summed E-state index contributed by atoms with van der Waals surface area (Å²) in [6, 6.07) is 50.4. The predicted octanol–water partition coefficient (Wildman–Crippen LogP) is 12.9. The summed E-state index contributed by atoms with van der Waals surface area (Å²) in [5.74, 6) is 1.81. The lowest BCUT2D eigenvalue weighted by atomic mass is 9.86. The van der Waals surface area contributed by atoms with E-state index in [1.54, 1.807) is 66.8 Å². The number of nitrogens with two attached hydrogens (primary N) is 1. The summed E-state index contributed by atoms with van der Waals surface area (Å²) < 4.78 is 0. The molecule has 4 fully saturated rings. The van der Waals surface area contributed by atoms with Crippen molar-refractivity contribution in [2.45, 2.75) is 78.1 Å². The van der Waals surface area contributed by atoms with Gasteiger partial charge in [-0.3, -0.25) is 14.9 Å². The van der Waals surface area contributed by atoms with Crippen LogP contribution in [0.4, 0.5) is 28.4 Å². The maximum Gasteiger partial charge on any atom is 0.376 e. The highest BCUT2D eigenvalue weighted by molar-refractivity contribution is 6.46. The van der Waals surface area contributed by atoms with Gasteiger partial charge in [0.2, 0.25) is 21.1 Å². The Bertz CT molecular complexity index is 4610. The number of nitro groups is 1. The Morgan fingerprint density at radius 1 is 0.473 bits per heavy atom. The van der Waals surface area contributed by atoms with E-state index in [4.69, 9.17) is 68.8 Å². The van der Waals surface area contributed by atoms with E-state index >= 15 is 0 Å². The second-order valence-electron chi connectivity index (χ2n) is 25.7. The molecule has 10 heterocycles. The zero-order valence-electron chi connectivity index (χ0n) is 61.1. The Kier molecular flexibility index (Phi) is 32.9. The topological polar surface area (TPSA) is 359 Å².